The van der Waals surface area contributed by atoms with Gasteiger partial charge in [-0.3, -0.25) is 9.59 Å². The molecule has 11 heteroatoms. The zero-order chi connectivity index (χ0) is 24.8. The fourth-order valence-electron chi connectivity index (χ4n) is 4.06. The van der Waals surface area contributed by atoms with E-state index in [4.69, 9.17) is 10.00 Å². The maximum Gasteiger partial charge on any atom is 0.282 e. The molecular weight excluding hydrogens is 470 g/mol. The fraction of sp³-hybridized carbons (Fsp3) is 0.375. The second-order valence-electron chi connectivity index (χ2n) is 9.02. The molecule has 2 aromatic heterocycles. The third-order valence-electron chi connectivity index (χ3n) is 6.54. The van der Waals surface area contributed by atoms with Gasteiger partial charge in [0, 0.05) is 19.8 Å². The van der Waals surface area contributed by atoms with E-state index in [2.05, 4.69) is 15.3 Å². The number of ether oxygens (including phenoxy) is 1. The SMILES string of the molecule is Cn1c(=O)c(C(=O)NCc2ccc(C#N)cc2)nc2ccnc(OCC3(S(=O)(=O)C4CC4)CC3)c21. The van der Waals surface area contributed by atoms with E-state index in [-0.39, 0.29) is 30.0 Å². The Kier molecular flexibility index (Phi) is 5.56. The summed E-state index contributed by atoms with van der Waals surface area (Å²) in [7, 11) is -1.76. The van der Waals surface area contributed by atoms with Crippen LogP contribution in [-0.2, 0) is 23.4 Å². The maximum atomic E-state index is 13.0. The van der Waals surface area contributed by atoms with Crippen LogP contribution >= 0.6 is 0 Å². The van der Waals surface area contributed by atoms with Crippen LogP contribution in [0.3, 0.4) is 0 Å². The van der Waals surface area contributed by atoms with Crippen LogP contribution in [0.25, 0.3) is 11.0 Å². The van der Waals surface area contributed by atoms with Gasteiger partial charge in [-0.15, -0.1) is 0 Å². The first-order valence-electron chi connectivity index (χ1n) is 11.2. The van der Waals surface area contributed by atoms with Gasteiger partial charge in [-0.1, -0.05) is 12.1 Å². The van der Waals surface area contributed by atoms with Crippen LogP contribution < -0.4 is 15.6 Å². The van der Waals surface area contributed by atoms with E-state index >= 15 is 0 Å². The molecule has 2 fully saturated rings. The van der Waals surface area contributed by atoms with E-state index in [0.29, 0.717) is 42.3 Å². The van der Waals surface area contributed by atoms with Gasteiger partial charge in [0.15, 0.2) is 15.5 Å². The van der Waals surface area contributed by atoms with Gasteiger partial charge in [-0.2, -0.15) is 5.26 Å². The highest BCUT2D eigenvalue weighted by Crippen LogP contribution is 2.50. The molecule has 1 aromatic carbocycles. The van der Waals surface area contributed by atoms with Crippen molar-refractivity contribution in [3.8, 4) is 11.9 Å². The van der Waals surface area contributed by atoms with Crippen LogP contribution in [0.2, 0.25) is 0 Å². The Morgan fingerprint density at radius 2 is 1.97 bits per heavy atom. The molecule has 0 bridgehead atoms. The van der Waals surface area contributed by atoms with E-state index in [9.17, 15) is 18.0 Å². The number of hydrogen-bond acceptors (Lipinski definition) is 8. The van der Waals surface area contributed by atoms with Crippen molar-refractivity contribution in [3.05, 3.63) is 63.7 Å². The zero-order valence-electron chi connectivity index (χ0n) is 19.0. The molecule has 180 valence electrons. The molecule has 0 radical (unpaired) electrons. The predicted molar refractivity (Wildman–Crippen MR) is 127 cm³/mol. The number of benzene rings is 1. The number of nitrogens with zero attached hydrogens (tertiary/aromatic N) is 4. The summed E-state index contributed by atoms with van der Waals surface area (Å²) in [4.78, 5) is 34.2. The Labute approximate surface area is 201 Å². The molecule has 2 aliphatic rings. The predicted octanol–water partition coefficient (Wildman–Crippen LogP) is 1.62. The van der Waals surface area contributed by atoms with E-state index in [1.165, 1.54) is 17.8 Å². The Morgan fingerprint density at radius 1 is 1.26 bits per heavy atom. The van der Waals surface area contributed by atoms with Crippen molar-refractivity contribution in [1.82, 2.24) is 19.9 Å². The zero-order valence-corrected chi connectivity index (χ0v) is 19.8. The Balaban J connectivity index is 1.37. The monoisotopic (exact) mass is 493 g/mol. The molecule has 2 saturated carbocycles. The number of aromatic nitrogens is 3. The topological polar surface area (TPSA) is 144 Å². The molecule has 10 nitrogen and oxygen atoms in total. The van der Waals surface area contributed by atoms with Crippen molar-refractivity contribution in [2.24, 2.45) is 7.05 Å². The molecule has 0 unspecified atom stereocenters. The number of amides is 1. The molecule has 3 aromatic rings. The number of fused-ring (bicyclic) bond motifs is 1. The van der Waals surface area contributed by atoms with Gasteiger partial charge in [-0.05, 0) is 49.4 Å². The van der Waals surface area contributed by atoms with E-state index in [1.807, 2.05) is 6.07 Å². The van der Waals surface area contributed by atoms with Crippen LogP contribution in [0.15, 0.2) is 41.3 Å². The summed E-state index contributed by atoms with van der Waals surface area (Å²) in [6.45, 7) is 0.134. The average molecular weight is 494 g/mol. The molecular formula is C24H23N5O5S. The van der Waals surface area contributed by atoms with Crippen LogP contribution in [0.4, 0.5) is 0 Å². The molecule has 5 rings (SSSR count). The van der Waals surface area contributed by atoms with Gasteiger partial charge in [0.25, 0.3) is 11.5 Å². The van der Waals surface area contributed by atoms with E-state index in [1.54, 1.807) is 30.3 Å². The molecule has 35 heavy (non-hydrogen) atoms. The standard InChI is InChI=1S/C24H23N5O5S/c1-29-20-18(8-11-26-22(20)34-14-24(9-10-24)35(32,33)17-6-7-17)28-19(23(29)31)21(30)27-13-16-4-2-15(12-25)3-5-16/h2-5,8,11,17H,6-7,9-10,13-14H2,1H3,(H,27,30). The summed E-state index contributed by atoms with van der Waals surface area (Å²) in [5, 5.41) is 11.3. The van der Waals surface area contributed by atoms with Crippen molar-refractivity contribution in [1.29, 1.82) is 5.26 Å². The first-order valence-corrected chi connectivity index (χ1v) is 12.8. The molecule has 0 aliphatic heterocycles. The lowest BCUT2D eigenvalue weighted by Gasteiger charge is -2.18. The third-order valence-corrected chi connectivity index (χ3v) is 9.62. The van der Waals surface area contributed by atoms with Gasteiger partial charge in [0.1, 0.15) is 16.9 Å². The Morgan fingerprint density at radius 3 is 2.60 bits per heavy atom. The van der Waals surface area contributed by atoms with Gasteiger partial charge >= 0.3 is 0 Å². The highest BCUT2D eigenvalue weighted by atomic mass is 32.2. The van der Waals surface area contributed by atoms with Gasteiger partial charge in [0.05, 0.1) is 22.4 Å². The van der Waals surface area contributed by atoms with Crippen molar-refractivity contribution in [2.75, 3.05) is 6.61 Å². The Bertz CT molecular complexity index is 1530. The summed E-state index contributed by atoms with van der Waals surface area (Å²) in [6, 6.07) is 10.3. The Hall–Kier alpha value is -3.78. The minimum atomic E-state index is -3.25. The molecule has 0 atom stereocenters. The lowest BCUT2D eigenvalue weighted by atomic mass is 10.1. The summed E-state index contributed by atoms with van der Waals surface area (Å²) in [6.07, 6.45) is 3.95. The summed E-state index contributed by atoms with van der Waals surface area (Å²) in [5.74, 6) is -0.528. The van der Waals surface area contributed by atoms with Crippen LogP contribution in [0.5, 0.6) is 5.88 Å². The minimum Gasteiger partial charge on any atom is -0.474 e. The normalized spacial score (nSPS) is 16.5. The number of carbonyl (C=O) groups is 1. The molecule has 1 amide bonds. The number of rotatable bonds is 8. The second kappa shape index (κ2) is 8.46. The molecule has 0 saturated heterocycles. The first kappa shape index (κ1) is 23.0. The van der Waals surface area contributed by atoms with Crippen LogP contribution in [-0.4, -0.2) is 45.5 Å². The largest absolute Gasteiger partial charge is 0.474 e. The number of nitrogens with one attached hydrogen (secondary N) is 1. The highest BCUT2D eigenvalue weighted by Gasteiger charge is 2.60. The van der Waals surface area contributed by atoms with E-state index < -0.39 is 26.1 Å². The minimum absolute atomic E-state index is 0.0288. The van der Waals surface area contributed by atoms with Gasteiger partial charge in [-0.25, -0.2) is 18.4 Å². The number of hydrogen-bond donors (Lipinski definition) is 1. The molecule has 2 heterocycles. The second-order valence-corrected chi connectivity index (χ2v) is 11.6. The number of carbonyl (C=O) groups excluding carboxylic acids is 1. The van der Waals surface area contributed by atoms with Gasteiger partial charge < -0.3 is 14.6 Å². The fourth-order valence-corrected chi connectivity index (χ4v) is 6.42. The highest BCUT2D eigenvalue weighted by molar-refractivity contribution is 7.94. The molecule has 2 aliphatic carbocycles. The summed E-state index contributed by atoms with van der Waals surface area (Å²) < 4.78 is 31.8. The van der Waals surface area contributed by atoms with Crippen molar-refractivity contribution in [3.63, 3.8) is 0 Å². The maximum absolute atomic E-state index is 13.0. The van der Waals surface area contributed by atoms with Crippen molar-refractivity contribution >= 4 is 26.8 Å². The number of sulfone groups is 1. The lowest BCUT2D eigenvalue weighted by Crippen LogP contribution is -2.34. The van der Waals surface area contributed by atoms with Crippen molar-refractivity contribution in [2.45, 2.75) is 42.2 Å². The lowest BCUT2D eigenvalue weighted by molar-refractivity contribution is 0.0944. The number of pyridine rings is 1. The average Bonchev–Trinajstić information content (AvgIpc) is 3.77. The van der Waals surface area contributed by atoms with Crippen LogP contribution in [0, 0.1) is 11.3 Å². The van der Waals surface area contributed by atoms with E-state index in [0.717, 1.165) is 5.56 Å². The quantitative estimate of drug-likeness (QED) is 0.498. The van der Waals surface area contributed by atoms with Crippen LogP contribution in [0.1, 0.15) is 47.3 Å². The number of nitriles is 1. The smallest absolute Gasteiger partial charge is 0.282 e. The molecule has 0 spiro atoms. The van der Waals surface area contributed by atoms with Crippen molar-refractivity contribution < 1.29 is 17.9 Å². The first-order chi connectivity index (χ1) is 16.8. The number of aryl methyl sites for hydroxylation is 1. The third kappa shape index (κ3) is 4.14. The molecule has 1 N–H and O–H groups in total. The summed E-state index contributed by atoms with van der Waals surface area (Å²) >= 11 is 0. The van der Waals surface area contributed by atoms with Gasteiger partial charge in [0.2, 0.25) is 5.88 Å². The summed E-state index contributed by atoms with van der Waals surface area (Å²) in [5.41, 5.74) is 0.996.